The first-order valence-corrected chi connectivity index (χ1v) is 6.43. The normalized spacial score (nSPS) is 12.5. The predicted molar refractivity (Wildman–Crippen MR) is 69.3 cm³/mol. The second kappa shape index (κ2) is 5.97. The molecule has 1 aromatic rings. The second-order valence-corrected chi connectivity index (χ2v) is 5.28. The van der Waals surface area contributed by atoms with Crippen LogP contribution in [0.25, 0.3) is 0 Å². The average Bonchev–Trinajstić information content (AvgIpc) is 2.51. The van der Waals surface area contributed by atoms with Gasteiger partial charge in [0.2, 0.25) is 5.91 Å². The van der Waals surface area contributed by atoms with Gasteiger partial charge in [0.1, 0.15) is 0 Å². The Bertz CT molecular complexity index is 450. The van der Waals surface area contributed by atoms with Gasteiger partial charge in [-0.1, -0.05) is 11.3 Å². The van der Waals surface area contributed by atoms with Crippen molar-refractivity contribution in [3.8, 4) is 0 Å². The summed E-state index contributed by atoms with van der Waals surface area (Å²) in [5, 5.41) is 2.77. The number of carbonyl (C=O) groups is 1. The van der Waals surface area contributed by atoms with Crippen LogP contribution < -0.4 is 15.9 Å². The molecule has 0 radical (unpaired) electrons. The molecule has 1 heterocycles. The molecule has 0 spiro atoms. The molecule has 17 heavy (non-hydrogen) atoms. The van der Waals surface area contributed by atoms with Crippen molar-refractivity contribution in [2.75, 3.05) is 6.54 Å². The standard InChI is InChI=1S/C11H19N3O2S/c1-7(6-12)13-10(15)4-5-14-8(2)9(3)17-11(14)16/h7H,4-6,12H2,1-3H3,(H,13,15)/t7-/m0/s1. The summed E-state index contributed by atoms with van der Waals surface area (Å²) in [4.78, 5) is 24.1. The zero-order chi connectivity index (χ0) is 13.0. The number of amides is 1. The molecule has 6 heteroatoms. The lowest BCUT2D eigenvalue weighted by molar-refractivity contribution is -0.121. The monoisotopic (exact) mass is 257 g/mol. The largest absolute Gasteiger partial charge is 0.352 e. The van der Waals surface area contributed by atoms with Crippen LogP contribution in [-0.4, -0.2) is 23.1 Å². The van der Waals surface area contributed by atoms with Crippen LogP contribution in [0.15, 0.2) is 4.79 Å². The number of aromatic nitrogens is 1. The molecule has 5 nitrogen and oxygen atoms in total. The number of carbonyl (C=O) groups excluding carboxylic acids is 1. The molecule has 0 aromatic carbocycles. The number of nitrogens with zero attached hydrogens (tertiary/aromatic N) is 1. The molecule has 0 unspecified atom stereocenters. The van der Waals surface area contributed by atoms with Crippen molar-refractivity contribution in [1.82, 2.24) is 9.88 Å². The first-order chi connectivity index (χ1) is 7.95. The highest BCUT2D eigenvalue weighted by Crippen LogP contribution is 2.09. The Kier molecular flexibility index (Phi) is 4.89. The van der Waals surface area contributed by atoms with Gasteiger partial charge < -0.3 is 15.6 Å². The van der Waals surface area contributed by atoms with Crippen LogP contribution in [-0.2, 0) is 11.3 Å². The molecule has 1 rings (SSSR count). The van der Waals surface area contributed by atoms with Crippen molar-refractivity contribution in [2.24, 2.45) is 5.73 Å². The van der Waals surface area contributed by atoms with E-state index in [1.165, 1.54) is 11.3 Å². The Morgan fingerprint density at radius 1 is 1.53 bits per heavy atom. The molecule has 3 N–H and O–H groups in total. The Balaban J connectivity index is 2.56. The third-order valence-electron chi connectivity index (χ3n) is 2.70. The maximum absolute atomic E-state index is 11.6. The number of hydrogen-bond acceptors (Lipinski definition) is 4. The first kappa shape index (κ1) is 13.9. The Labute approximate surface area is 105 Å². The zero-order valence-electron chi connectivity index (χ0n) is 10.4. The molecular weight excluding hydrogens is 238 g/mol. The molecule has 96 valence electrons. The summed E-state index contributed by atoms with van der Waals surface area (Å²) in [6.07, 6.45) is 0.307. The van der Waals surface area contributed by atoms with Gasteiger partial charge >= 0.3 is 4.87 Å². The van der Waals surface area contributed by atoms with E-state index in [2.05, 4.69) is 5.32 Å². The van der Waals surface area contributed by atoms with Gasteiger partial charge in [-0.3, -0.25) is 9.59 Å². The Hall–Kier alpha value is -1.14. The van der Waals surface area contributed by atoms with Crippen LogP contribution in [0.3, 0.4) is 0 Å². The van der Waals surface area contributed by atoms with E-state index in [9.17, 15) is 9.59 Å². The summed E-state index contributed by atoms with van der Waals surface area (Å²) in [5.41, 5.74) is 6.36. The molecule has 0 bridgehead atoms. The Morgan fingerprint density at radius 3 is 2.65 bits per heavy atom. The predicted octanol–water partition coefficient (Wildman–Crippen LogP) is 0.380. The SMILES string of the molecule is Cc1sc(=O)n(CCC(=O)N[C@@H](C)CN)c1C. The smallest absolute Gasteiger partial charge is 0.307 e. The molecule has 0 fully saturated rings. The van der Waals surface area contributed by atoms with Gasteiger partial charge in [-0.25, -0.2) is 0 Å². The molecule has 1 amide bonds. The van der Waals surface area contributed by atoms with Gasteiger partial charge in [-0.2, -0.15) is 0 Å². The molecular formula is C11H19N3O2S. The third-order valence-corrected chi connectivity index (χ3v) is 3.70. The van der Waals surface area contributed by atoms with Gasteiger partial charge in [-0.15, -0.1) is 0 Å². The second-order valence-electron chi connectivity index (χ2n) is 4.12. The van der Waals surface area contributed by atoms with Crippen LogP contribution >= 0.6 is 11.3 Å². The van der Waals surface area contributed by atoms with Gasteiger partial charge in [0, 0.05) is 36.1 Å². The van der Waals surface area contributed by atoms with Crippen molar-refractivity contribution in [3.05, 3.63) is 20.2 Å². The first-order valence-electron chi connectivity index (χ1n) is 5.62. The molecule has 0 aliphatic carbocycles. The summed E-state index contributed by atoms with van der Waals surface area (Å²) in [6, 6.07) is -0.0236. The van der Waals surface area contributed by atoms with Crippen LogP contribution in [0.1, 0.15) is 23.9 Å². The van der Waals surface area contributed by atoms with E-state index >= 15 is 0 Å². The van der Waals surface area contributed by atoms with Crippen molar-refractivity contribution >= 4 is 17.2 Å². The van der Waals surface area contributed by atoms with E-state index in [0.717, 1.165) is 10.6 Å². The van der Waals surface area contributed by atoms with Crippen LogP contribution in [0.4, 0.5) is 0 Å². The maximum Gasteiger partial charge on any atom is 0.307 e. The van der Waals surface area contributed by atoms with Crippen molar-refractivity contribution < 1.29 is 4.79 Å². The summed E-state index contributed by atoms with van der Waals surface area (Å²) in [6.45, 7) is 6.51. The minimum atomic E-state index is -0.0712. The van der Waals surface area contributed by atoms with Gasteiger partial charge in [0.25, 0.3) is 0 Å². The molecule has 1 aromatic heterocycles. The van der Waals surface area contributed by atoms with E-state index in [-0.39, 0.29) is 16.8 Å². The summed E-state index contributed by atoms with van der Waals surface area (Å²) >= 11 is 1.22. The van der Waals surface area contributed by atoms with E-state index in [1.807, 2.05) is 20.8 Å². The van der Waals surface area contributed by atoms with Crippen molar-refractivity contribution in [2.45, 2.75) is 39.8 Å². The fraction of sp³-hybridized carbons (Fsp3) is 0.636. The number of nitrogens with two attached hydrogens (primary N) is 1. The van der Waals surface area contributed by atoms with Crippen molar-refractivity contribution in [1.29, 1.82) is 0 Å². The molecule has 0 aliphatic rings. The van der Waals surface area contributed by atoms with Crippen LogP contribution in [0.2, 0.25) is 0 Å². The van der Waals surface area contributed by atoms with Crippen molar-refractivity contribution in [3.63, 3.8) is 0 Å². The minimum Gasteiger partial charge on any atom is -0.352 e. The summed E-state index contributed by atoms with van der Waals surface area (Å²) in [5.74, 6) is -0.0712. The fourth-order valence-electron chi connectivity index (χ4n) is 1.47. The fourth-order valence-corrected chi connectivity index (χ4v) is 2.32. The summed E-state index contributed by atoms with van der Waals surface area (Å²) < 4.78 is 1.65. The van der Waals surface area contributed by atoms with E-state index in [4.69, 9.17) is 5.73 Å². The number of rotatable bonds is 5. The lowest BCUT2D eigenvalue weighted by Gasteiger charge is -2.11. The number of thiazole rings is 1. The maximum atomic E-state index is 11.6. The van der Waals surface area contributed by atoms with Gasteiger partial charge in [0.15, 0.2) is 0 Å². The highest BCUT2D eigenvalue weighted by molar-refractivity contribution is 7.09. The molecule has 1 atom stereocenters. The van der Waals surface area contributed by atoms with E-state index < -0.39 is 0 Å². The quantitative estimate of drug-likeness (QED) is 0.800. The molecule has 0 aliphatic heterocycles. The third kappa shape index (κ3) is 3.67. The highest BCUT2D eigenvalue weighted by atomic mass is 32.1. The van der Waals surface area contributed by atoms with Crippen LogP contribution in [0.5, 0.6) is 0 Å². The topological polar surface area (TPSA) is 77.1 Å². The van der Waals surface area contributed by atoms with Gasteiger partial charge in [-0.05, 0) is 20.8 Å². The zero-order valence-corrected chi connectivity index (χ0v) is 11.3. The highest BCUT2D eigenvalue weighted by Gasteiger charge is 2.10. The number of aryl methyl sites for hydroxylation is 1. The average molecular weight is 257 g/mol. The number of nitrogens with one attached hydrogen (secondary N) is 1. The lowest BCUT2D eigenvalue weighted by atomic mass is 10.3. The summed E-state index contributed by atoms with van der Waals surface area (Å²) in [7, 11) is 0. The number of hydrogen-bond donors (Lipinski definition) is 2. The lowest BCUT2D eigenvalue weighted by Crippen LogP contribution is -2.38. The van der Waals surface area contributed by atoms with E-state index in [0.29, 0.717) is 19.5 Å². The Morgan fingerprint density at radius 2 is 2.18 bits per heavy atom. The molecule has 0 saturated carbocycles. The van der Waals surface area contributed by atoms with Gasteiger partial charge in [0.05, 0.1) is 0 Å². The van der Waals surface area contributed by atoms with Crippen LogP contribution in [0, 0.1) is 13.8 Å². The van der Waals surface area contributed by atoms with E-state index in [1.54, 1.807) is 4.57 Å². The minimum absolute atomic E-state index is 0.000302. The molecule has 0 saturated heterocycles.